The average molecular weight is 218 g/mol. The second kappa shape index (κ2) is 6.72. The van der Waals surface area contributed by atoms with Crippen LogP contribution < -0.4 is 0 Å². The molecule has 0 amide bonds. The normalized spacial score (nSPS) is 12.0. The van der Waals surface area contributed by atoms with E-state index in [0.29, 0.717) is 19.2 Å². The van der Waals surface area contributed by atoms with Crippen molar-refractivity contribution in [2.24, 2.45) is 0 Å². The van der Waals surface area contributed by atoms with Gasteiger partial charge in [-0.15, -0.1) is 0 Å². The summed E-state index contributed by atoms with van der Waals surface area (Å²) in [5.74, 6) is -0.163. The maximum Gasteiger partial charge on any atom is 0.165 e. The zero-order valence-electron chi connectivity index (χ0n) is 9.32. The summed E-state index contributed by atoms with van der Waals surface area (Å²) in [6.07, 6.45) is 4.51. The van der Waals surface area contributed by atoms with Gasteiger partial charge in [-0.3, -0.25) is 4.79 Å². The molecule has 0 fully saturated rings. The molecule has 0 bridgehead atoms. The molecule has 1 aromatic carbocycles. The molecular formula is C14H15FO. The van der Waals surface area contributed by atoms with Crippen LogP contribution in [0.15, 0.2) is 54.4 Å². The van der Waals surface area contributed by atoms with E-state index in [0.717, 1.165) is 5.56 Å². The molecule has 2 heteroatoms. The van der Waals surface area contributed by atoms with Gasteiger partial charge in [0.2, 0.25) is 0 Å². The fourth-order valence-corrected chi connectivity index (χ4v) is 1.42. The first-order chi connectivity index (χ1) is 7.77. The molecule has 0 aromatic heterocycles. The molecule has 1 aromatic rings. The monoisotopic (exact) mass is 218 g/mol. The average Bonchev–Trinajstić information content (AvgIpc) is 2.34. The van der Waals surface area contributed by atoms with Crippen molar-refractivity contribution in [3.63, 3.8) is 0 Å². The number of allylic oxidation sites excluding steroid dienone is 3. The number of carbonyl (C=O) groups excluding carboxylic acids is 1. The fourth-order valence-electron chi connectivity index (χ4n) is 1.42. The highest BCUT2D eigenvalue weighted by Crippen LogP contribution is 2.08. The van der Waals surface area contributed by atoms with Gasteiger partial charge in [0.15, 0.2) is 5.78 Å². The van der Waals surface area contributed by atoms with E-state index >= 15 is 0 Å². The van der Waals surface area contributed by atoms with Gasteiger partial charge >= 0.3 is 0 Å². The molecule has 0 N–H and O–H groups in total. The van der Waals surface area contributed by atoms with E-state index in [1.807, 2.05) is 30.3 Å². The number of benzene rings is 1. The third-order valence-corrected chi connectivity index (χ3v) is 2.27. The first-order valence-electron chi connectivity index (χ1n) is 5.28. The smallest absolute Gasteiger partial charge is 0.165 e. The van der Waals surface area contributed by atoms with Gasteiger partial charge in [0.1, 0.15) is 0 Å². The summed E-state index contributed by atoms with van der Waals surface area (Å²) in [4.78, 5) is 11.6. The van der Waals surface area contributed by atoms with E-state index < -0.39 is 0 Å². The second-order valence-electron chi connectivity index (χ2n) is 3.47. The summed E-state index contributed by atoms with van der Waals surface area (Å²) in [7, 11) is 0. The van der Waals surface area contributed by atoms with E-state index in [-0.39, 0.29) is 11.4 Å². The van der Waals surface area contributed by atoms with Gasteiger partial charge < -0.3 is 0 Å². The predicted octanol–water partition coefficient (Wildman–Crippen LogP) is 3.62. The lowest BCUT2D eigenvalue weighted by Gasteiger charge is -2.01. The highest BCUT2D eigenvalue weighted by molar-refractivity contribution is 5.97. The van der Waals surface area contributed by atoms with Crippen LogP contribution in [-0.4, -0.2) is 5.78 Å². The predicted molar refractivity (Wildman–Crippen MR) is 63.8 cm³/mol. The minimum Gasteiger partial charge on any atom is -0.294 e. The summed E-state index contributed by atoms with van der Waals surface area (Å²) in [5, 5.41) is 0. The maximum atomic E-state index is 12.4. The lowest BCUT2D eigenvalue weighted by Crippen LogP contribution is -2.02. The number of hydrogen-bond donors (Lipinski definition) is 0. The van der Waals surface area contributed by atoms with Gasteiger partial charge in [0, 0.05) is 12.0 Å². The van der Waals surface area contributed by atoms with Crippen LogP contribution in [0.5, 0.6) is 0 Å². The number of carbonyl (C=O) groups is 1. The van der Waals surface area contributed by atoms with Crippen LogP contribution in [0.25, 0.3) is 0 Å². The van der Waals surface area contributed by atoms with Gasteiger partial charge in [0.05, 0.1) is 6.33 Å². The van der Waals surface area contributed by atoms with E-state index in [9.17, 15) is 9.18 Å². The van der Waals surface area contributed by atoms with Gasteiger partial charge in [-0.2, -0.15) is 0 Å². The van der Waals surface area contributed by atoms with Crippen LogP contribution in [0, 0.1) is 0 Å². The lowest BCUT2D eigenvalue weighted by molar-refractivity contribution is -0.115. The first-order valence-corrected chi connectivity index (χ1v) is 5.28. The molecular weight excluding hydrogens is 203 g/mol. The topological polar surface area (TPSA) is 17.1 Å². The van der Waals surface area contributed by atoms with Crippen LogP contribution in [0.4, 0.5) is 4.39 Å². The molecule has 0 atom stereocenters. The quantitative estimate of drug-likeness (QED) is 0.545. The van der Waals surface area contributed by atoms with Crippen molar-refractivity contribution in [3.8, 4) is 0 Å². The third-order valence-electron chi connectivity index (χ3n) is 2.27. The minimum absolute atomic E-state index is 0.137. The maximum absolute atomic E-state index is 12.4. The van der Waals surface area contributed by atoms with Gasteiger partial charge in [0.25, 0.3) is 0 Å². The highest BCUT2D eigenvalue weighted by atomic mass is 19.1. The zero-order chi connectivity index (χ0) is 11.8. The van der Waals surface area contributed by atoms with Crippen molar-refractivity contribution in [1.82, 2.24) is 0 Å². The van der Waals surface area contributed by atoms with E-state index in [1.54, 1.807) is 13.0 Å². The Morgan fingerprint density at radius 3 is 2.56 bits per heavy atom. The molecule has 84 valence electrons. The molecule has 0 spiro atoms. The summed E-state index contributed by atoms with van der Waals surface area (Å²) in [6.45, 7) is 1.76. The Morgan fingerprint density at radius 2 is 2.00 bits per heavy atom. The van der Waals surface area contributed by atoms with Gasteiger partial charge in [-0.1, -0.05) is 42.5 Å². The number of hydrogen-bond acceptors (Lipinski definition) is 1. The van der Waals surface area contributed by atoms with E-state index in [2.05, 4.69) is 0 Å². The van der Waals surface area contributed by atoms with Crippen molar-refractivity contribution in [3.05, 3.63) is 60.0 Å². The number of ketones is 1. The number of halogens is 1. The number of Topliss-reactive ketones (excluding diaryl/α,β-unsaturated/α-hetero) is 1. The molecule has 0 aliphatic rings. The van der Waals surface area contributed by atoms with Gasteiger partial charge in [-0.05, 0) is 18.9 Å². The Kier molecular flexibility index (Phi) is 5.20. The lowest BCUT2D eigenvalue weighted by atomic mass is 10.0. The standard InChI is InChI=1S/C14H15FO/c1-2-6-13(11-15)14(16)10-9-12-7-4-3-5-8-12/h2-8,11H,9-10H2,1H3/b6-2-,13-11+. The molecule has 1 rings (SSSR count). The van der Waals surface area contributed by atoms with Crippen molar-refractivity contribution in [2.45, 2.75) is 19.8 Å². The number of aryl methyl sites for hydroxylation is 1. The molecule has 0 aliphatic carbocycles. The van der Waals surface area contributed by atoms with Crippen molar-refractivity contribution < 1.29 is 9.18 Å². The molecule has 1 nitrogen and oxygen atoms in total. The number of rotatable bonds is 5. The SMILES string of the molecule is C/C=C\C(=C/F)C(=O)CCc1ccccc1. The van der Waals surface area contributed by atoms with Crippen molar-refractivity contribution in [2.75, 3.05) is 0 Å². The van der Waals surface area contributed by atoms with Crippen molar-refractivity contribution >= 4 is 5.78 Å². The van der Waals surface area contributed by atoms with Gasteiger partial charge in [-0.25, -0.2) is 4.39 Å². The molecule has 0 radical (unpaired) electrons. The molecule has 0 aliphatic heterocycles. The highest BCUT2D eigenvalue weighted by Gasteiger charge is 2.06. The molecule has 16 heavy (non-hydrogen) atoms. The Labute approximate surface area is 95.3 Å². The minimum atomic E-state index is -0.163. The molecule has 0 saturated heterocycles. The fraction of sp³-hybridized carbons (Fsp3) is 0.214. The van der Waals surface area contributed by atoms with Crippen LogP contribution in [0.2, 0.25) is 0 Å². The molecule has 0 heterocycles. The third kappa shape index (κ3) is 3.81. The van der Waals surface area contributed by atoms with Crippen LogP contribution >= 0.6 is 0 Å². The summed E-state index contributed by atoms with van der Waals surface area (Å²) >= 11 is 0. The van der Waals surface area contributed by atoms with Crippen LogP contribution in [-0.2, 0) is 11.2 Å². The van der Waals surface area contributed by atoms with E-state index in [4.69, 9.17) is 0 Å². The zero-order valence-corrected chi connectivity index (χ0v) is 9.32. The van der Waals surface area contributed by atoms with Crippen LogP contribution in [0.1, 0.15) is 18.9 Å². The summed E-state index contributed by atoms with van der Waals surface area (Å²) < 4.78 is 12.4. The molecule has 0 unspecified atom stereocenters. The van der Waals surface area contributed by atoms with Crippen LogP contribution in [0.3, 0.4) is 0 Å². The largest absolute Gasteiger partial charge is 0.294 e. The summed E-state index contributed by atoms with van der Waals surface area (Å²) in [6, 6.07) is 9.71. The Bertz CT molecular complexity index is 390. The van der Waals surface area contributed by atoms with E-state index in [1.165, 1.54) is 6.08 Å². The molecule has 0 saturated carbocycles. The first kappa shape index (κ1) is 12.4. The Morgan fingerprint density at radius 1 is 1.31 bits per heavy atom. The summed E-state index contributed by atoms with van der Waals surface area (Å²) in [5.41, 5.74) is 1.23. The Balaban J connectivity index is 2.53. The Hall–Kier alpha value is -1.70. The second-order valence-corrected chi connectivity index (χ2v) is 3.47. The van der Waals surface area contributed by atoms with Crippen molar-refractivity contribution in [1.29, 1.82) is 0 Å².